The Bertz CT molecular complexity index is 746. The third-order valence-electron chi connectivity index (χ3n) is 3.29. The quantitative estimate of drug-likeness (QED) is 0.797. The van der Waals surface area contributed by atoms with Crippen molar-refractivity contribution in [1.82, 2.24) is 9.78 Å². The SMILES string of the molecule is Cc1ccccc1NC(=O)c1ccc(-n2cccn2)cc1. The molecule has 0 aliphatic heterocycles. The van der Waals surface area contributed by atoms with Crippen LogP contribution in [0.3, 0.4) is 0 Å². The molecule has 0 saturated heterocycles. The van der Waals surface area contributed by atoms with Gasteiger partial charge in [0.15, 0.2) is 0 Å². The van der Waals surface area contributed by atoms with Crippen molar-refractivity contribution in [3.05, 3.63) is 78.1 Å². The largest absolute Gasteiger partial charge is 0.322 e. The third kappa shape index (κ3) is 2.84. The molecule has 104 valence electrons. The number of para-hydroxylation sites is 1. The van der Waals surface area contributed by atoms with Gasteiger partial charge in [-0.15, -0.1) is 0 Å². The molecule has 0 aliphatic carbocycles. The highest BCUT2D eigenvalue weighted by atomic mass is 16.1. The molecule has 1 N–H and O–H groups in total. The Morgan fingerprint density at radius 2 is 1.81 bits per heavy atom. The van der Waals surface area contributed by atoms with Crippen molar-refractivity contribution in [1.29, 1.82) is 0 Å². The number of hydrogen-bond donors (Lipinski definition) is 1. The van der Waals surface area contributed by atoms with Crippen LogP contribution in [0.5, 0.6) is 0 Å². The first-order valence-corrected chi connectivity index (χ1v) is 6.71. The molecular weight excluding hydrogens is 262 g/mol. The molecule has 1 amide bonds. The molecule has 1 heterocycles. The van der Waals surface area contributed by atoms with Crippen LogP contribution in [0.25, 0.3) is 5.69 Å². The van der Waals surface area contributed by atoms with Gasteiger partial charge in [0.05, 0.1) is 5.69 Å². The summed E-state index contributed by atoms with van der Waals surface area (Å²) in [7, 11) is 0. The first kappa shape index (κ1) is 13.1. The number of rotatable bonds is 3. The Balaban J connectivity index is 1.78. The number of nitrogens with one attached hydrogen (secondary N) is 1. The fourth-order valence-electron chi connectivity index (χ4n) is 2.09. The van der Waals surface area contributed by atoms with Gasteiger partial charge in [-0.05, 0) is 48.9 Å². The summed E-state index contributed by atoms with van der Waals surface area (Å²) >= 11 is 0. The molecule has 2 aromatic carbocycles. The number of anilines is 1. The normalized spacial score (nSPS) is 10.3. The number of carbonyl (C=O) groups is 1. The topological polar surface area (TPSA) is 46.9 Å². The van der Waals surface area contributed by atoms with E-state index in [1.165, 1.54) is 0 Å². The van der Waals surface area contributed by atoms with Gasteiger partial charge >= 0.3 is 0 Å². The van der Waals surface area contributed by atoms with Crippen molar-refractivity contribution in [2.24, 2.45) is 0 Å². The third-order valence-corrected chi connectivity index (χ3v) is 3.29. The number of aromatic nitrogens is 2. The molecule has 0 fully saturated rings. The molecule has 3 aromatic rings. The van der Waals surface area contributed by atoms with E-state index in [-0.39, 0.29) is 5.91 Å². The summed E-state index contributed by atoms with van der Waals surface area (Å²) < 4.78 is 1.75. The summed E-state index contributed by atoms with van der Waals surface area (Å²) in [4.78, 5) is 12.2. The van der Waals surface area contributed by atoms with E-state index in [0.717, 1.165) is 16.9 Å². The number of hydrogen-bond acceptors (Lipinski definition) is 2. The number of aryl methyl sites for hydroxylation is 1. The van der Waals surface area contributed by atoms with Gasteiger partial charge in [-0.25, -0.2) is 4.68 Å². The van der Waals surface area contributed by atoms with Crippen LogP contribution in [0.4, 0.5) is 5.69 Å². The predicted octanol–water partition coefficient (Wildman–Crippen LogP) is 3.43. The minimum atomic E-state index is -0.115. The Kier molecular flexibility index (Phi) is 3.51. The van der Waals surface area contributed by atoms with Gasteiger partial charge in [0.2, 0.25) is 0 Å². The van der Waals surface area contributed by atoms with Gasteiger partial charge in [-0.3, -0.25) is 4.79 Å². The molecule has 0 saturated carbocycles. The highest BCUT2D eigenvalue weighted by Crippen LogP contribution is 2.15. The lowest BCUT2D eigenvalue weighted by Gasteiger charge is -2.08. The fourth-order valence-corrected chi connectivity index (χ4v) is 2.09. The second kappa shape index (κ2) is 5.63. The molecule has 0 spiro atoms. The molecule has 21 heavy (non-hydrogen) atoms. The standard InChI is InChI=1S/C17H15N3O/c1-13-5-2-3-6-16(13)19-17(21)14-7-9-15(10-8-14)20-12-4-11-18-20/h2-12H,1H3,(H,19,21). The Labute approximate surface area is 123 Å². The first-order valence-electron chi connectivity index (χ1n) is 6.71. The van der Waals surface area contributed by atoms with Crippen LogP contribution in [0.1, 0.15) is 15.9 Å². The average Bonchev–Trinajstić information content (AvgIpc) is 3.04. The van der Waals surface area contributed by atoms with E-state index in [0.29, 0.717) is 5.56 Å². The summed E-state index contributed by atoms with van der Waals surface area (Å²) in [5.74, 6) is -0.115. The second-order valence-electron chi connectivity index (χ2n) is 4.77. The van der Waals surface area contributed by atoms with E-state index in [4.69, 9.17) is 0 Å². The number of nitrogens with zero attached hydrogens (tertiary/aromatic N) is 2. The minimum absolute atomic E-state index is 0.115. The maximum atomic E-state index is 12.2. The van der Waals surface area contributed by atoms with Crippen LogP contribution < -0.4 is 5.32 Å². The van der Waals surface area contributed by atoms with Gasteiger partial charge in [-0.1, -0.05) is 18.2 Å². The summed E-state index contributed by atoms with van der Waals surface area (Å²) in [6.07, 6.45) is 3.58. The Hall–Kier alpha value is -2.88. The minimum Gasteiger partial charge on any atom is -0.322 e. The van der Waals surface area contributed by atoms with Gasteiger partial charge in [0.25, 0.3) is 5.91 Å². The average molecular weight is 277 g/mol. The fraction of sp³-hybridized carbons (Fsp3) is 0.0588. The smallest absolute Gasteiger partial charge is 0.255 e. The maximum Gasteiger partial charge on any atom is 0.255 e. The van der Waals surface area contributed by atoms with E-state index in [1.54, 1.807) is 23.0 Å². The second-order valence-corrected chi connectivity index (χ2v) is 4.77. The van der Waals surface area contributed by atoms with E-state index >= 15 is 0 Å². The summed E-state index contributed by atoms with van der Waals surface area (Å²) in [5, 5.41) is 7.08. The molecule has 3 rings (SSSR count). The summed E-state index contributed by atoms with van der Waals surface area (Å²) in [5.41, 5.74) is 3.42. The molecule has 0 aliphatic rings. The zero-order valence-corrected chi connectivity index (χ0v) is 11.7. The summed E-state index contributed by atoms with van der Waals surface area (Å²) in [6.45, 7) is 1.97. The van der Waals surface area contributed by atoms with E-state index in [1.807, 2.05) is 55.6 Å². The van der Waals surface area contributed by atoms with Crippen LogP contribution in [-0.2, 0) is 0 Å². The molecule has 0 bridgehead atoms. The maximum absolute atomic E-state index is 12.2. The lowest BCUT2D eigenvalue weighted by atomic mass is 10.1. The number of amides is 1. The van der Waals surface area contributed by atoms with Crippen LogP contribution in [0, 0.1) is 6.92 Å². The molecule has 0 unspecified atom stereocenters. The van der Waals surface area contributed by atoms with Gasteiger partial charge in [-0.2, -0.15) is 5.10 Å². The van der Waals surface area contributed by atoms with Gasteiger partial charge in [0, 0.05) is 23.6 Å². The van der Waals surface area contributed by atoms with Crippen molar-refractivity contribution in [2.75, 3.05) is 5.32 Å². The predicted molar refractivity (Wildman–Crippen MR) is 82.7 cm³/mol. The van der Waals surface area contributed by atoms with Crippen molar-refractivity contribution in [3.8, 4) is 5.69 Å². The van der Waals surface area contributed by atoms with E-state index in [2.05, 4.69) is 10.4 Å². The number of benzene rings is 2. The van der Waals surface area contributed by atoms with E-state index in [9.17, 15) is 4.79 Å². The lowest BCUT2D eigenvalue weighted by Crippen LogP contribution is -2.12. The zero-order valence-electron chi connectivity index (χ0n) is 11.7. The lowest BCUT2D eigenvalue weighted by molar-refractivity contribution is 0.102. The summed E-state index contributed by atoms with van der Waals surface area (Å²) in [6, 6.07) is 16.9. The number of carbonyl (C=O) groups excluding carboxylic acids is 1. The first-order chi connectivity index (χ1) is 10.2. The molecular formula is C17H15N3O. The van der Waals surface area contributed by atoms with Crippen LogP contribution in [-0.4, -0.2) is 15.7 Å². The van der Waals surface area contributed by atoms with Gasteiger partial charge in [0.1, 0.15) is 0 Å². The van der Waals surface area contributed by atoms with E-state index < -0.39 is 0 Å². The monoisotopic (exact) mass is 277 g/mol. The molecule has 4 heteroatoms. The van der Waals surface area contributed by atoms with Crippen molar-refractivity contribution < 1.29 is 4.79 Å². The zero-order chi connectivity index (χ0) is 14.7. The molecule has 0 radical (unpaired) electrons. The van der Waals surface area contributed by atoms with Crippen LogP contribution in [0.15, 0.2) is 67.0 Å². The van der Waals surface area contributed by atoms with Crippen LogP contribution >= 0.6 is 0 Å². The van der Waals surface area contributed by atoms with Crippen molar-refractivity contribution >= 4 is 11.6 Å². The molecule has 0 atom stereocenters. The van der Waals surface area contributed by atoms with Crippen LogP contribution in [0.2, 0.25) is 0 Å². The highest BCUT2D eigenvalue weighted by Gasteiger charge is 2.07. The highest BCUT2D eigenvalue weighted by molar-refractivity contribution is 6.04. The van der Waals surface area contributed by atoms with Crippen molar-refractivity contribution in [2.45, 2.75) is 6.92 Å². The molecule has 4 nitrogen and oxygen atoms in total. The van der Waals surface area contributed by atoms with Crippen molar-refractivity contribution in [3.63, 3.8) is 0 Å². The van der Waals surface area contributed by atoms with Gasteiger partial charge < -0.3 is 5.32 Å². The molecule has 1 aromatic heterocycles. The Morgan fingerprint density at radius 1 is 1.05 bits per heavy atom. The Morgan fingerprint density at radius 3 is 2.48 bits per heavy atom.